The van der Waals surface area contributed by atoms with Gasteiger partial charge < -0.3 is 43.6 Å². The Morgan fingerprint density at radius 2 is 1.54 bits per heavy atom. The molecule has 0 aromatic carbocycles. The van der Waals surface area contributed by atoms with Gasteiger partial charge in [0, 0.05) is 19.4 Å². The van der Waals surface area contributed by atoms with Crippen LogP contribution in [0.1, 0.15) is 57.8 Å². The lowest BCUT2D eigenvalue weighted by Gasteiger charge is -2.28. The standard InChI is InChI=1S/C21H37N7O7/c22-10-2-1-4-13(18(31)27-14(21(34)35)7-9-17(25)30)26-19(32)15-5-3-11-28(15)20(33)12(23)6-8-16(24)29/h12-15H,1-11,22-23H2,(H2,24,29)(H2,25,30)(H,26,32)(H,27,31)(H,34,35)/t12-,13-,14-,15-/m0/s1. The first-order chi connectivity index (χ1) is 16.5. The van der Waals surface area contributed by atoms with Crippen molar-refractivity contribution >= 4 is 35.5 Å². The summed E-state index contributed by atoms with van der Waals surface area (Å²) in [4.78, 5) is 73.4. The molecule has 4 atom stereocenters. The van der Waals surface area contributed by atoms with Gasteiger partial charge in [-0.2, -0.15) is 0 Å². The minimum atomic E-state index is -1.36. The highest BCUT2D eigenvalue weighted by Gasteiger charge is 2.37. The Hall–Kier alpha value is -3.26. The molecule has 14 heteroatoms. The molecule has 0 aromatic heterocycles. The van der Waals surface area contributed by atoms with Crippen LogP contribution in [0, 0.1) is 0 Å². The molecule has 11 N–H and O–H groups in total. The Morgan fingerprint density at radius 1 is 0.914 bits per heavy atom. The summed E-state index contributed by atoms with van der Waals surface area (Å²) < 4.78 is 0. The van der Waals surface area contributed by atoms with Crippen LogP contribution in [0.5, 0.6) is 0 Å². The Balaban J connectivity index is 2.89. The van der Waals surface area contributed by atoms with Crippen molar-refractivity contribution in [3.8, 4) is 0 Å². The normalized spacial score (nSPS) is 17.8. The first kappa shape index (κ1) is 29.8. The molecule has 0 aliphatic carbocycles. The second kappa shape index (κ2) is 14.9. The summed E-state index contributed by atoms with van der Waals surface area (Å²) in [6.07, 6.45) is 1.69. The smallest absolute Gasteiger partial charge is 0.326 e. The topological polar surface area (TPSA) is 254 Å². The number of nitrogens with one attached hydrogen (secondary N) is 2. The fourth-order valence-corrected chi connectivity index (χ4v) is 3.78. The van der Waals surface area contributed by atoms with Crippen molar-refractivity contribution in [3.63, 3.8) is 0 Å². The number of nitrogens with zero attached hydrogens (tertiary/aromatic N) is 1. The highest BCUT2D eigenvalue weighted by molar-refractivity contribution is 5.94. The van der Waals surface area contributed by atoms with E-state index < -0.39 is 59.7 Å². The molecule has 0 aromatic rings. The molecule has 14 nitrogen and oxygen atoms in total. The lowest BCUT2D eigenvalue weighted by Crippen LogP contribution is -2.56. The van der Waals surface area contributed by atoms with E-state index in [4.69, 9.17) is 22.9 Å². The monoisotopic (exact) mass is 499 g/mol. The van der Waals surface area contributed by atoms with Gasteiger partial charge in [-0.25, -0.2) is 4.79 Å². The first-order valence-electron chi connectivity index (χ1n) is 11.6. The van der Waals surface area contributed by atoms with Gasteiger partial charge in [-0.1, -0.05) is 0 Å². The van der Waals surface area contributed by atoms with Crippen molar-refractivity contribution in [2.24, 2.45) is 22.9 Å². The Labute approximate surface area is 203 Å². The predicted octanol–water partition coefficient (Wildman–Crippen LogP) is -2.98. The summed E-state index contributed by atoms with van der Waals surface area (Å²) >= 11 is 0. The third-order valence-corrected chi connectivity index (χ3v) is 5.73. The fourth-order valence-electron chi connectivity index (χ4n) is 3.78. The van der Waals surface area contributed by atoms with Crippen LogP contribution < -0.4 is 33.6 Å². The summed E-state index contributed by atoms with van der Waals surface area (Å²) in [6.45, 7) is 0.659. The van der Waals surface area contributed by atoms with Crippen molar-refractivity contribution in [2.75, 3.05) is 13.1 Å². The molecule has 35 heavy (non-hydrogen) atoms. The maximum Gasteiger partial charge on any atom is 0.326 e. The predicted molar refractivity (Wildman–Crippen MR) is 124 cm³/mol. The molecule has 1 aliphatic heterocycles. The number of rotatable bonds is 16. The number of nitrogens with two attached hydrogens (primary N) is 4. The van der Waals surface area contributed by atoms with E-state index >= 15 is 0 Å². The van der Waals surface area contributed by atoms with E-state index in [0.29, 0.717) is 38.8 Å². The van der Waals surface area contributed by atoms with E-state index in [1.54, 1.807) is 0 Å². The number of carbonyl (C=O) groups is 6. The van der Waals surface area contributed by atoms with Crippen LogP contribution in [-0.2, 0) is 28.8 Å². The zero-order chi connectivity index (χ0) is 26.5. The van der Waals surface area contributed by atoms with Crippen LogP contribution in [0.25, 0.3) is 0 Å². The summed E-state index contributed by atoms with van der Waals surface area (Å²) in [7, 11) is 0. The summed E-state index contributed by atoms with van der Waals surface area (Å²) in [5.41, 5.74) is 21.5. The molecule has 1 heterocycles. The van der Waals surface area contributed by atoms with Gasteiger partial charge in [0.05, 0.1) is 6.04 Å². The number of hydrogen-bond acceptors (Lipinski definition) is 8. The largest absolute Gasteiger partial charge is 0.480 e. The lowest BCUT2D eigenvalue weighted by molar-refractivity contribution is -0.143. The van der Waals surface area contributed by atoms with Gasteiger partial charge in [-0.15, -0.1) is 0 Å². The fraction of sp³-hybridized carbons (Fsp3) is 0.714. The minimum Gasteiger partial charge on any atom is -0.480 e. The molecule has 0 spiro atoms. The van der Waals surface area contributed by atoms with Crippen LogP contribution >= 0.6 is 0 Å². The molecule has 0 saturated carbocycles. The summed E-state index contributed by atoms with van der Waals surface area (Å²) in [5, 5.41) is 14.3. The zero-order valence-electron chi connectivity index (χ0n) is 19.7. The number of amides is 5. The number of carbonyl (C=O) groups excluding carboxylic acids is 5. The number of carboxylic acids is 1. The molecule has 0 unspecified atom stereocenters. The van der Waals surface area contributed by atoms with E-state index in [-0.39, 0.29) is 32.1 Å². The Kier molecular flexibility index (Phi) is 12.7. The van der Waals surface area contributed by atoms with Crippen LogP contribution in [0.15, 0.2) is 0 Å². The molecular formula is C21H37N7O7. The quantitative estimate of drug-likeness (QED) is 0.107. The first-order valence-corrected chi connectivity index (χ1v) is 11.6. The van der Waals surface area contributed by atoms with Crippen LogP contribution in [0.3, 0.4) is 0 Å². The maximum atomic E-state index is 13.0. The maximum absolute atomic E-state index is 13.0. The highest BCUT2D eigenvalue weighted by atomic mass is 16.4. The van der Waals surface area contributed by atoms with Crippen LogP contribution in [-0.4, -0.2) is 82.8 Å². The lowest BCUT2D eigenvalue weighted by atomic mass is 10.1. The van der Waals surface area contributed by atoms with Crippen molar-refractivity contribution < 1.29 is 33.9 Å². The third-order valence-electron chi connectivity index (χ3n) is 5.73. The van der Waals surface area contributed by atoms with Crippen molar-refractivity contribution in [3.05, 3.63) is 0 Å². The Bertz CT molecular complexity index is 792. The van der Waals surface area contributed by atoms with Crippen LogP contribution in [0.4, 0.5) is 0 Å². The van der Waals surface area contributed by atoms with Gasteiger partial charge in [0.2, 0.25) is 29.5 Å². The van der Waals surface area contributed by atoms with Gasteiger partial charge in [-0.05, 0) is 51.5 Å². The van der Waals surface area contributed by atoms with Crippen LogP contribution in [0.2, 0.25) is 0 Å². The SMILES string of the molecule is NCCCC[C@H](NC(=O)[C@@H]1CCCN1C(=O)[C@@H](N)CCC(N)=O)C(=O)N[C@@H](CCC(N)=O)C(=O)O. The number of carboxylic acid groups (broad SMARTS) is 1. The van der Waals surface area contributed by atoms with Crippen molar-refractivity contribution in [2.45, 2.75) is 82.0 Å². The van der Waals surface area contributed by atoms with E-state index in [0.717, 1.165) is 0 Å². The van der Waals surface area contributed by atoms with Gasteiger partial charge in [0.1, 0.15) is 18.1 Å². The molecule has 0 bridgehead atoms. The van der Waals surface area contributed by atoms with Gasteiger partial charge >= 0.3 is 5.97 Å². The second-order valence-corrected chi connectivity index (χ2v) is 8.55. The number of aliphatic carboxylic acids is 1. The third kappa shape index (κ3) is 10.3. The van der Waals surface area contributed by atoms with Gasteiger partial charge in [0.25, 0.3) is 0 Å². The van der Waals surface area contributed by atoms with Gasteiger partial charge in [-0.3, -0.25) is 24.0 Å². The van der Waals surface area contributed by atoms with Crippen molar-refractivity contribution in [1.29, 1.82) is 0 Å². The molecule has 198 valence electrons. The van der Waals surface area contributed by atoms with E-state index in [2.05, 4.69) is 10.6 Å². The molecule has 1 aliphatic rings. The molecule has 1 fully saturated rings. The average Bonchev–Trinajstić information content (AvgIpc) is 3.28. The summed E-state index contributed by atoms with van der Waals surface area (Å²) in [5.74, 6) is -4.45. The number of primary amides is 2. The minimum absolute atomic E-state index is 0.0466. The zero-order valence-corrected chi connectivity index (χ0v) is 19.7. The second-order valence-electron chi connectivity index (χ2n) is 8.55. The molecular weight excluding hydrogens is 462 g/mol. The molecule has 5 amide bonds. The van der Waals surface area contributed by atoms with E-state index in [1.807, 2.05) is 0 Å². The average molecular weight is 500 g/mol. The number of unbranched alkanes of at least 4 members (excludes halogenated alkanes) is 1. The number of likely N-dealkylation sites (tertiary alicyclic amines) is 1. The number of hydrogen-bond donors (Lipinski definition) is 7. The molecule has 1 rings (SSSR count). The molecule has 0 radical (unpaired) electrons. The highest BCUT2D eigenvalue weighted by Crippen LogP contribution is 2.20. The molecule has 1 saturated heterocycles. The van der Waals surface area contributed by atoms with Gasteiger partial charge in [0.15, 0.2) is 0 Å². The van der Waals surface area contributed by atoms with E-state index in [9.17, 15) is 33.9 Å². The Morgan fingerprint density at radius 3 is 2.11 bits per heavy atom. The van der Waals surface area contributed by atoms with E-state index in [1.165, 1.54) is 4.90 Å². The van der Waals surface area contributed by atoms with Crippen molar-refractivity contribution in [1.82, 2.24) is 15.5 Å². The summed E-state index contributed by atoms with van der Waals surface area (Å²) in [6, 6.07) is -4.31.